The average Bonchev–Trinajstić information content (AvgIpc) is 2.70. The lowest BCUT2D eigenvalue weighted by Crippen LogP contribution is -2.37. The van der Waals surface area contributed by atoms with Crippen molar-refractivity contribution in [2.24, 2.45) is 0 Å². The summed E-state index contributed by atoms with van der Waals surface area (Å²) >= 11 is 5.75. The summed E-state index contributed by atoms with van der Waals surface area (Å²) in [5, 5.41) is 16.7. The van der Waals surface area contributed by atoms with Crippen molar-refractivity contribution in [3.8, 4) is 6.07 Å². The second-order valence-electron chi connectivity index (χ2n) is 4.07. The van der Waals surface area contributed by atoms with Gasteiger partial charge in [-0.25, -0.2) is 0 Å². The van der Waals surface area contributed by atoms with Crippen molar-refractivity contribution >= 4 is 11.6 Å². The third-order valence-electron chi connectivity index (χ3n) is 2.71. The Bertz CT molecular complexity index is 368. The molecule has 1 heterocycles. The van der Waals surface area contributed by atoms with E-state index in [1.165, 1.54) is 0 Å². The van der Waals surface area contributed by atoms with Crippen LogP contribution in [0.25, 0.3) is 0 Å². The van der Waals surface area contributed by atoms with E-state index in [0.717, 1.165) is 25.8 Å². The molecule has 1 aromatic rings. The lowest BCUT2D eigenvalue weighted by atomic mass is 9.97. The summed E-state index contributed by atoms with van der Waals surface area (Å²) in [6.45, 7) is 2.76. The number of nitrogens with one attached hydrogen (secondary N) is 1. The summed E-state index contributed by atoms with van der Waals surface area (Å²) in [6, 6.07) is 2.28. The molecule has 0 saturated heterocycles. The van der Waals surface area contributed by atoms with E-state index in [1.807, 2.05) is 24.9 Å². The van der Waals surface area contributed by atoms with E-state index in [0.29, 0.717) is 5.02 Å². The Hall–Kier alpha value is -1.05. The number of hydrogen-bond acceptors (Lipinski definition) is 3. The number of nitrogens with zero attached hydrogens (tertiary/aromatic N) is 3. The predicted octanol–water partition coefficient (Wildman–Crippen LogP) is 2.21. The molecular weight excluding hydrogens is 224 g/mol. The first-order valence-electron chi connectivity index (χ1n) is 5.38. The first kappa shape index (κ1) is 13.0. The monoisotopic (exact) mass is 240 g/mol. The Labute approximate surface area is 101 Å². The van der Waals surface area contributed by atoms with Gasteiger partial charge >= 0.3 is 0 Å². The van der Waals surface area contributed by atoms with Crippen LogP contribution in [0, 0.1) is 11.3 Å². The van der Waals surface area contributed by atoms with Crippen molar-refractivity contribution in [3.05, 3.63) is 17.4 Å². The Kier molecular flexibility index (Phi) is 4.78. The molecule has 1 N–H and O–H groups in total. The summed E-state index contributed by atoms with van der Waals surface area (Å²) in [6.07, 6.45) is 6.27. The molecule has 0 amide bonds. The highest BCUT2D eigenvalue weighted by Gasteiger charge is 2.19. The largest absolute Gasteiger partial charge is 0.303 e. The molecule has 0 radical (unpaired) electrons. The summed E-state index contributed by atoms with van der Waals surface area (Å²) in [5.74, 6) is 0. The molecule has 0 fully saturated rings. The Balaban J connectivity index is 2.24. The molecule has 0 aliphatic carbocycles. The molecule has 88 valence electrons. The van der Waals surface area contributed by atoms with Crippen LogP contribution >= 0.6 is 11.6 Å². The molecule has 1 unspecified atom stereocenters. The molecule has 1 atom stereocenters. The Morgan fingerprint density at radius 3 is 2.88 bits per heavy atom. The van der Waals surface area contributed by atoms with Crippen LogP contribution in [0.3, 0.4) is 0 Å². The third-order valence-corrected chi connectivity index (χ3v) is 2.91. The predicted molar refractivity (Wildman–Crippen MR) is 64.2 cm³/mol. The summed E-state index contributed by atoms with van der Waals surface area (Å²) in [4.78, 5) is 0. The number of rotatable bonds is 6. The maximum Gasteiger partial charge on any atom is 0.103 e. The van der Waals surface area contributed by atoms with Crippen molar-refractivity contribution in [1.29, 1.82) is 5.26 Å². The highest BCUT2D eigenvalue weighted by Crippen LogP contribution is 2.13. The van der Waals surface area contributed by atoms with Gasteiger partial charge in [0.2, 0.25) is 0 Å². The Morgan fingerprint density at radius 2 is 2.38 bits per heavy atom. The van der Waals surface area contributed by atoms with Crippen molar-refractivity contribution in [2.75, 3.05) is 7.05 Å². The van der Waals surface area contributed by atoms with E-state index in [9.17, 15) is 0 Å². The van der Waals surface area contributed by atoms with Crippen LogP contribution in [0.5, 0.6) is 0 Å². The second kappa shape index (κ2) is 5.88. The van der Waals surface area contributed by atoms with Gasteiger partial charge in [-0.1, -0.05) is 11.6 Å². The molecule has 1 aromatic heterocycles. The van der Waals surface area contributed by atoms with E-state index in [1.54, 1.807) is 6.20 Å². The molecule has 4 nitrogen and oxygen atoms in total. The van der Waals surface area contributed by atoms with Crippen LogP contribution in [0.15, 0.2) is 12.4 Å². The summed E-state index contributed by atoms with van der Waals surface area (Å²) in [5.41, 5.74) is -0.415. The maximum absolute atomic E-state index is 8.96. The van der Waals surface area contributed by atoms with Gasteiger partial charge in [-0.3, -0.25) is 4.68 Å². The fourth-order valence-corrected chi connectivity index (χ4v) is 1.61. The van der Waals surface area contributed by atoms with Gasteiger partial charge in [0.05, 0.1) is 17.3 Å². The molecule has 0 spiro atoms. The van der Waals surface area contributed by atoms with E-state index in [2.05, 4.69) is 16.5 Å². The minimum absolute atomic E-state index is 0.415. The third kappa shape index (κ3) is 3.84. The van der Waals surface area contributed by atoms with Gasteiger partial charge in [0.25, 0.3) is 0 Å². The normalized spacial score (nSPS) is 14.4. The van der Waals surface area contributed by atoms with Gasteiger partial charge in [0, 0.05) is 12.7 Å². The van der Waals surface area contributed by atoms with E-state index in [-0.39, 0.29) is 0 Å². The topological polar surface area (TPSA) is 53.6 Å². The van der Waals surface area contributed by atoms with Crippen molar-refractivity contribution < 1.29 is 0 Å². The fraction of sp³-hybridized carbons (Fsp3) is 0.636. The van der Waals surface area contributed by atoms with Crippen molar-refractivity contribution in [3.63, 3.8) is 0 Å². The Morgan fingerprint density at radius 1 is 1.62 bits per heavy atom. The molecule has 16 heavy (non-hydrogen) atoms. The van der Waals surface area contributed by atoms with Crippen LogP contribution < -0.4 is 5.32 Å². The number of hydrogen-bond donors (Lipinski definition) is 1. The SMILES string of the molecule is CNC(C)(C#N)CCCCn1cc(Cl)cn1. The number of aryl methyl sites for hydroxylation is 1. The van der Waals surface area contributed by atoms with Crippen LogP contribution in [0.1, 0.15) is 26.2 Å². The molecule has 0 bridgehead atoms. The quantitative estimate of drug-likeness (QED) is 0.776. The molecule has 5 heteroatoms. The molecule has 0 aromatic carbocycles. The lowest BCUT2D eigenvalue weighted by molar-refractivity contribution is 0.419. The van der Waals surface area contributed by atoms with E-state index in [4.69, 9.17) is 16.9 Å². The minimum atomic E-state index is -0.415. The highest BCUT2D eigenvalue weighted by atomic mass is 35.5. The van der Waals surface area contributed by atoms with Crippen molar-refractivity contribution in [1.82, 2.24) is 15.1 Å². The van der Waals surface area contributed by atoms with Crippen molar-refractivity contribution in [2.45, 2.75) is 38.3 Å². The van der Waals surface area contributed by atoms with Gasteiger partial charge in [0.15, 0.2) is 0 Å². The number of nitriles is 1. The molecule has 0 aliphatic rings. The average molecular weight is 241 g/mol. The van der Waals surface area contributed by atoms with Crippen LogP contribution in [-0.4, -0.2) is 22.4 Å². The smallest absolute Gasteiger partial charge is 0.103 e. The number of halogens is 1. The van der Waals surface area contributed by atoms with Crippen LogP contribution in [-0.2, 0) is 6.54 Å². The van der Waals surface area contributed by atoms with Gasteiger partial charge < -0.3 is 5.32 Å². The first-order valence-corrected chi connectivity index (χ1v) is 5.75. The number of unbranched alkanes of at least 4 members (excludes halogenated alkanes) is 1. The van der Waals surface area contributed by atoms with E-state index >= 15 is 0 Å². The lowest BCUT2D eigenvalue weighted by Gasteiger charge is -2.20. The zero-order valence-electron chi connectivity index (χ0n) is 9.70. The zero-order chi connectivity index (χ0) is 12.0. The second-order valence-corrected chi connectivity index (χ2v) is 4.51. The molecular formula is C11H17ClN4. The highest BCUT2D eigenvalue weighted by molar-refractivity contribution is 6.30. The van der Waals surface area contributed by atoms with Crippen LogP contribution in [0.4, 0.5) is 0 Å². The van der Waals surface area contributed by atoms with Gasteiger partial charge in [-0.15, -0.1) is 0 Å². The zero-order valence-corrected chi connectivity index (χ0v) is 10.5. The molecule has 0 aliphatic heterocycles. The fourth-order valence-electron chi connectivity index (χ4n) is 1.45. The summed E-state index contributed by atoms with van der Waals surface area (Å²) < 4.78 is 1.82. The number of aromatic nitrogens is 2. The van der Waals surface area contributed by atoms with Gasteiger partial charge in [0.1, 0.15) is 5.54 Å². The van der Waals surface area contributed by atoms with Gasteiger partial charge in [-0.05, 0) is 33.2 Å². The van der Waals surface area contributed by atoms with Crippen LogP contribution in [0.2, 0.25) is 5.02 Å². The first-order chi connectivity index (χ1) is 7.59. The molecule has 0 saturated carbocycles. The molecule has 1 rings (SSSR count). The standard InChI is InChI=1S/C11H17ClN4/c1-11(9-13,14-2)5-3-4-6-16-8-10(12)7-15-16/h7-8,14H,3-6H2,1-2H3. The maximum atomic E-state index is 8.96. The van der Waals surface area contributed by atoms with Gasteiger partial charge in [-0.2, -0.15) is 10.4 Å². The minimum Gasteiger partial charge on any atom is -0.303 e. The summed E-state index contributed by atoms with van der Waals surface area (Å²) in [7, 11) is 1.82. The van der Waals surface area contributed by atoms with E-state index < -0.39 is 5.54 Å².